The van der Waals surface area contributed by atoms with Crippen molar-refractivity contribution in [2.75, 3.05) is 18.7 Å². The molecule has 2 aromatic rings. The van der Waals surface area contributed by atoms with E-state index >= 15 is 0 Å². The zero-order chi connectivity index (χ0) is 18.7. The van der Waals surface area contributed by atoms with Gasteiger partial charge in [0, 0.05) is 23.4 Å². The standard InChI is InChI=1S/C17H14N2O7/c1-10-2-3-11(6-13(10)19(22)23)17(21)24-8-16(20)18-12-4-5-14-15(7-12)26-9-25-14/h2-7H,8-9H2,1H3,(H,18,20). The van der Waals surface area contributed by atoms with Crippen molar-refractivity contribution in [3.8, 4) is 11.5 Å². The summed E-state index contributed by atoms with van der Waals surface area (Å²) in [5.41, 5.74) is 0.691. The highest BCUT2D eigenvalue weighted by atomic mass is 16.7. The number of hydrogen-bond donors (Lipinski definition) is 1. The zero-order valence-corrected chi connectivity index (χ0v) is 13.7. The summed E-state index contributed by atoms with van der Waals surface area (Å²) in [5, 5.41) is 13.5. The second kappa shape index (κ2) is 7.09. The van der Waals surface area contributed by atoms with Crippen molar-refractivity contribution in [2.24, 2.45) is 0 Å². The third kappa shape index (κ3) is 3.72. The van der Waals surface area contributed by atoms with E-state index in [0.717, 1.165) is 6.07 Å². The van der Waals surface area contributed by atoms with Crippen LogP contribution in [0, 0.1) is 17.0 Å². The number of rotatable bonds is 5. The van der Waals surface area contributed by atoms with E-state index < -0.39 is 23.4 Å². The van der Waals surface area contributed by atoms with Crippen molar-refractivity contribution in [1.29, 1.82) is 0 Å². The lowest BCUT2D eigenvalue weighted by molar-refractivity contribution is -0.385. The molecule has 1 N–H and O–H groups in total. The second-order valence-corrected chi connectivity index (χ2v) is 5.45. The molecule has 0 fully saturated rings. The Morgan fingerprint density at radius 3 is 2.73 bits per heavy atom. The Labute approximate surface area is 147 Å². The molecule has 3 rings (SSSR count). The van der Waals surface area contributed by atoms with Gasteiger partial charge in [-0.3, -0.25) is 14.9 Å². The predicted molar refractivity (Wildman–Crippen MR) is 89.3 cm³/mol. The Hall–Kier alpha value is -3.62. The SMILES string of the molecule is Cc1ccc(C(=O)OCC(=O)Nc2ccc3c(c2)OCO3)cc1[N+](=O)[O-]. The third-order valence-electron chi connectivity index (χ3n) is 3.63. The van der Waals surface area contributed by atoms with Gasteiger partial charge in [-0.05, 0) is 25.1 Å². The zero-order valence-electron chi connectivity index (χ0n) is 13.7. The Kier molecular flexibility index (Phi) is 4.70. The van der Waals surface area contributed by atoms with Crippen LogP contribution < -0.4 is 14.8 Å². The van der Waals surface area contributed by atoms with Crippen molar-refractivity contribution in [3.05, 3.63) is 57.6 Å². The molecule has 26 heavy (non-hydrogen) atoms. The average molecular weight is 358 g/mol. The van der Waals surface area contributed by atoms with Gasteiger partial charge in [-0.25, -0.2) is 4.79 Å². The molecule has 1 aliphatic rings. The predicted octanol–water partition coefficient (Wildman–Crippen LogP) is 2.43. The summed E-state index contributed by atoms with van der Waals surface area (Å²) in [6, 6.07) is 8.83. The van der Waals surface area contributed by atoms with Crippen LogP contribution in [0.1, 0.15) is 15.9 Å². The lowest BCUT2D eigenvalue weighted by Crippen LogP contribution is -2.21. The molecule has 9 nitrogen and oxygen atoms in total. The average Bonchev–Trinajstić information content (AvgIpc) is 3.07. The largest absolute Gasteiger partial charge is 0.454 e. The number of carbonyl (C=O) groups is 2. The molecule has 1 heterocycles. The van der Waals surface area contributed by atoms with Crippen molar-refractivity contribution < 1.29 is 28.7 Å². The van der Waals surface area contributed by atoms with Crippen LogP contribution in [0.2, 0.25) is 0 Å². The van der Waals surface area contributed by atoms with E-state index in [-0.39, 0.29) is 18.0 Å². The number of benzene rings is 2. The number of ether oxygens (including phenoxy) is 3. The maximum Gasteiger partial charge on any atom is 0.338 e. The van der Waals surface area contributed by atoms with Gasteiger partial charge in [-0.1, -0.05) is 6.07 Å². The summed E-state index contributed by atoms with van der Waals surface area (Å²) < 4.78 is 15.3. The van der Waals surface area contributed by atoms with Gasteiger partial charge >= 0.3 is 5.97 Å². The van der Waals surface area contributed by atoms with Gasteiger partial charge in [0.05, 0.1) is 10.5 Å². The molecule has 0 radical (unpaired) electrons. The minimum atomic E-state index is -0.825. The van der Waals surface area contributed by atoms with Gasteiger partial charge in [-0.2, -0.15) is 0 Å². The smallest absolute Gasteiger partial charge is 0.338 e. The Morgan fingerprint density at radius 2 is 1.96 bits per heavy atom. The van der Waals surface area contributed by atoms with E-state index in [2.05, 4.69) is 5.32 Å². The Bertz CT molecular complexity index is 895. The molecule has 1 amide bonds. The number of aryl methyl sites for hydroxylation is 1. The quantitative estimate of drug-likeness (QED) is 0.495. The number of amides is 1. The first-order chi connectivity index (χ1) is 12.4. The summed E-state index contributed by atoms with van der Waals surface area (Å²) in [6.45, 7) is 1.15. The number of nitrogens with one attached hydrogen (secondary N) is 1. The highest BCUT2D eigenvalue weighted by molar-refractivity contribution is 5.96. The monoisotopic (exact) mass is 358 g/mol. The molecule has 0 saturated carbocycles. The first-order valence-electron chi connectivity index (χ1n) is 7.56. The minimum Gasteiger partial charge on any atom is -0.454 e. The molecule has 0 unspecified atom stereocenters. The lowest BCUT2D eigenvalue weighted by Gasteiger charge is -2.07. The Balaban J connectivity index is 1.58. The normalized spacial score (nSPS) is 11.7. The number of anilines is 1. The molecule has 134 valence electrons. The maximum atomic E-state index is 12.0. The lowest BCUT2D eigenvalue weighted by atomic mass is 10.1. The van der Waals surface area contributed by atoms with Gasteiger partial charge in [0.1, 0.15) is 0 Å². The van der Waals surface area contributed by atoms with E-state index in [9.17, 15) is 19.7 Å². The fourth-order valence-corrected chi connectivity index (χ4v) is 2.32. The maximum absolute atomic E-state index is 12.0. The van der Waals surface area contributed by atoms with Crippen LogP contribution >= 0.6 is 0 Å². The summed E-state index contributed by atoms with van der Waals surface area (Å²) >= 11 is 0. The van der Waals surface area contributed by atoms with Crippen molar-refractivity contribution in [2.45, 2.75) is 6.92 Å². The minimum absolute atomic E-state index is 0.00169. The highest BCUT2D eigenvalue weighted by Crippen LogP contribution is 2.34. The molecule has 0 aromatic heterocycles. The van der Waals surface area contributed by atoms with Crippen LogP contribution in [0.5, 0.6) is 11.5 Å². The molecule has 0 atom stereocenters. The van der Waals surface area contributed by atoms with Crippen LogP contribution in [-0.2, 0) is 9.53 Å². The van der Waals surface area contributed by atoms with E-state index in [4.69, 9.17) is 14.2 Å². The van der Waals surface area contributed by atoms with Gasteiger partial charge in [0.2, 0.25) is 6.79 Å². The number of hydrogen-bond acceptors (Lipinski definition) is 7. The van der Waals surface area contributed by atoms with Crippen molar-refractivity contribution >= 4 is 23.3 Å². The van der Waals surface area contributed by atoms with Gasteiger partial charge in [-0.15, -0.1) is 0 Å². The van der Waals surface area contributed by atoms with E-state index in [1.54, 1.807) is 25.1 Å². The first kappa shape index (κ1) is 17.2. The number of nitro benzene ring substituents is 1. The third-order valence-corrected chi connectivity index (χ3v) is 3.63. The van der Waals surface area contributed by atoms with Crippen LogP contribution in [0.4, 0.5) is 11.4 Å². The molecular formula is C17H14N2O7. The highest BCUT2D eigenvalue weighted by Gasteiger charge is 2.18. The van der Waals surface area contributed by atoms with Crippen molar-refractivity contribution in [1.82, 2.24) is 0 Å². The van der Waals surface area contributed by atoms with Crippen LogP contribution in [-0.4, -0.2) is 30.2 Å². The number of carbonyl (C=O) groups excluding carboxylic acids is 2. The van der Waals surface area contributed by atoms with Gasteiger partial charge in [0.25, 0.3) is 11.6 Å². The molecule has 0 bridgehead atoms. The Morgan fingerprint density at radius 1 is 1.19 bits per heavy atom. The topological polar surface area (TPSA) is 117 Å². The number of nitrogens with zero attached hydrogens (tertiary/aromatic N) is 1. The van der Waals surface area contributed by atoms with Crippen LogP contribution in [0.3, 0.4) is 0 Å². The molecule has 0 saturated heterocycles. The molecular weight excluding hydrogens is 344 g/mol. The molecule has 9 heteroatoms. The summed E-state index contributed by atoms with van der Waals surface area (Å²) in [4.78, 5) is 34.2. The van der Waals surface area contributed by atoms with Crippen LogP contribution in [0.15, 0.2) is 36.4 Å². The first-order valence-corrected chi connectivity index (χ1v) is 7.56. The molecule has 0 aliphatic carbocycles. The van der Waals surface area contributed by atoms with Gasteiger partial charge < -0.3 is 19.5 Å². The fraction of sp³-hybridized carbons (Fsp3) is 0.176. The molecule has 0 spiro atoms. The number of esters is 1. The summed E-state index contributed by atoms with van der Waals surface area (Å²) in [5.74, 6) is -0.296. The molecule has 2 aromatic carbocycles. The van der Waals surface area contributed by atoms with Crippen molar-refractivity contribution in [3.63, 3.8) is 0 Å². The molecule has 1 aliphatic heterocycles. The van der Waals surface area contributed by atoms with Gasteiger partial charge in [0.15, 0.2) is 18.1 Å². The van der Waals surface area contributed by atoms with E-state index in [1.165, 1.54) is 12.1 Å². The summed E-state index contributed by atoms with van der Waals surface area (Å²) in [6.07, 6.45) is 0. The van der Waals surface area contributed by atoms with Crippen LogP contribution in [0.25, 0.3) is 0 Å². The number of fused-ring (bicyclic) bond motifs is 1. The van der Waals surface area contributed by atoms with E-state index in [0.29, 0.717) is 22.7 Å². The van der Waals surface area contributed by atoms with E-state index in [1.807, 2.05) is 0 Å². The summed E-state index contributed by atoms with van der Waals surface area (Å²) in [7, 11) is 0. The fourth-order valence-electron chi connectivity index (χ4n) is 2.32. The second-order valence-electron chi connectivity index (χ2n) is 5.45. The number of nitro groups is 1.